The lowest BCUT2D eigenvalue weighted by Crippen LogP contribution is -2.26. The number of carbonyl (C=O) groups is 1. The summed E-state index contributed by atoms with van der Waals surface area (Å²) in [6.45, 7) is 2.44. The summed E-state index contributed by atoms with van der Waals surface area (Å²) in [7, 11) is 0. The van der Waals surface area contributed by atoms with Gasteiger partial charge in [-0.15, -0.1) is 0 Å². The van der Waals surface area contributed by atoms with E-state index in [4.69, 9.17) is 11.1 Å². The topological polar surface area (TPSA) is 145 Å². The molecule has 25 heavy (non-hydrogen) atoms. The number of nitrogens with zero attached hydrogens (tertiary/aromatic N) is 3. The number of alkyl halides is 2. The van der Waals surface area contributed by atoms with Gasteiger partial charge in [-0.05, 0) is 13.8 Å². The number of nitrogen functional groups attached to an aromatic ring is 1. The van der Waals surface area contributed by atoms with Crippen molar-refractivity contribution in [2.75, 3.05) is 22.9 Å². The van der Waals surface area contributed by atoms with Crippen LogP contribution in [0.5, 0.6) is 0 Å². The van der Waals surface area contributed by atoms with E-state index in [1.165, 1.54) is 0 Å². The first-order valence-electron chi connectivity index (χ1n) is 7.32. The van der Waals surface area contributed by atoms with Crippen molar-refractivity contribution in [3.63, 3.8) is 0 Å². The van der Waals surface area contributed by atoms with Crippen molar-refractivity contribution in [2.24, 2.45) is 0 Å². The average molecular weight is 352 g/mol. The number of anilines is 3. The molecular formula is C14H18F2N8O. The van der Waals surface area contributed by atoms with E-state index in [0.29, 0.717) is 0 Å². The second-order valence-corrected chi connectivity index (χ2v) is 5.49. The highest BCUT2D eigenvalue weighted by molar-refractivity contribution is 6.49. The lowest BCUT2D eigenvalue weighted by Gasteiger charge is -2.14. The average Bonchev–Trinajstić information content (AvgIpc) is 2.90. The molecule has 0 atom stereocenters. The number of hydrogen-bond acceptors (Lipinski definition) is 7. The van der Waals surface area contributed by atoms with Crippen LogP contribution in [0.15, 0.2) is 12.4 Å². The van der Waals surface area contributed by atoms with Gasteiger partial charge in [0.15, 0.2) is 5.82 Å². The van der Waals surface area contributed by atoms with Crippen LogP contribution in [0.25, 0.3) is 0 Å². The molecule has 0 aliphatic heterocycles. The number of H-pyrrole nitrogens is 1. The monoisotopic (exact) mass is 352 g/mol. The summed E-state index contributed by atoms with van der Waals surface area (Å²) in [4.78, 5) is 19.8. The summed E-state index contributed by atoms with van der Waals surface area (Å²) >= 11 is 0. The van der Waals surface area contributed by atoms with Gasteiger partial charge in [0.2, 0.25) is 5.92 Å². The maximum Gasteiger partial charge on any atom is 0.275 e. The first-order valence-corrected chi connectivity index (χ1v) is 7.32. The van der Waals surface area contributed by atoms with Crippen LogP contribution in [0.1, 0.15) is 24.6 Å². The molecular weight excluding hydrogens is 334 g/mol. The van der Waals surface area contributed by atoms with Gasteiger partial charge in [-0.2, -0.15) is 5.10 Å². The predicted octanol–water partition coefficient (Wildman–Crippen LogP) is 1.55. The van der Waals surface area contributed by atoms with E-state index in [-0.39, 0.29) is 29.6 Å². The number of aromatic nitrogens is 4. The fourth-order valence-electron chi connectivity index (χ4n) is 1.95. The van der Waals surface area contributed by atoms with E-state index in [1.54, 1.807) is 13.0 Å². The number of rotatable bonds is 7. The molecule has 2 rings (SSSR count). The number of hydrogen-bond donors (Lipinski definition) is 5. The van der Waals surface area contributed by atoms with Crippen molar-refractivity contribution in [1.82, 2.24) is 20.2 Å². The van der Waals surface area contributed by atoms with Gasteiger partial charge in [-0.1, -0.05) is 0 Å². The predicted molar refractivity (Wildman–Crippen MR) is 89.0 cm³/mol. The number of nitrogens with two attached hydrogens (primary N) is 1. The van der Waals surface area contributed by atoms with Crippen molar-refractivity contribution < 1.29 is 13.6 Å². The van der Waals surface area contributed by atoms with Gasteiger partial charge in [0.1, 0.15) is 23.7 Å². The molecule has 0 aliphatic rings. The SMILES string of the molecule is Cc1cc(NC(=O)C(=N)c2c(N)ncnc2NCCC(C)(F)F)n[nH]1. The number of amides is 1. The first-order chi connectivity index (χ1) is 11.7. The lowest BCUT2D eigenvalue weighted by molar-refractivity contribution is -0.110. The maximum atomic E-state index is 12.9. The number of aromatic amines is 1. The van der Waals surface area contributed by atoms with E-state index in [2.05, 4.69) is 30.8 Å². The fourth-order valence-corrected chi connectivity index (χ4v) is 1.95. The van der Waals surface area contributed by atoms with Crippen LogP contribution in [0.2, 0.25) is 0 Å². The van der Waals surface area contributed by atoms with Gasteiger partial charge in [0, 0.05) is 24.7 Å². The second kappa shape index (κ2) is 7.20. The van der Waals surface area contributed by atoms with Crippen molar-refractivity contribution >= 4 is 29.1 Å². The summed E-state index contributed by atoms with van der Waals surface area (Å²) in [5, 5.41) is 19.6. The lowest BCUT2D eigenvalue weighted by atomic mass is 10.1. The van der Waals surface area contributed by atoms with Crippen LogP contribution >= 0.6 is 0 Å². The van der Waals surface area contributed by atoms with E-state index >= 15 is 0 Å². The standard InChI is InChI=1S/C14H18F2N8O/c1-7-5-8(24-23-7)22-13(25)10(17)9-11(18)20-6-21-12(9)19-4-3-14(2,15)16/h5-6,17H,3-4H2,1-2H3,(H3,18,19,20,21)(H2,22,23,24,25). The van der Waals surface area contributed by atoms with Crippen molar-refractivity contribution in [2.45, 2.75) is 26.2 Å². The summed E-state index contributed by atoms with van der Waals surface area (Å²) in [5.41, 5.74) is 5.89. The molecule has 0 bridgehead atoms. The van der Waals surface area contributed by atoms with E-state index in [1.807, 2.05) is 0 Å². The maximum absolute atomic E-state index is 12.9. The molecule has 0 saturated carbocycles. The second-order valence-electron chi connectivity index (χ2n) is 5.49. The molecule has 2 aromatic rings. The third-order valence-electron chi connectivity index (χ3n) is 3.16. The van der Waals surface area contributed by atoms with Gasteiger partial charge in [-0.25, -0.2) is 18.7 Å². The Morgan fingerprint density at radius 1 is 1.44 bits per heavy atom. The van der Waals surface area contributed by atoms with Gasteiger partial charge < -0.3 is 16.4 Å². The molecule has 134 valence electrons. The quantitative estimate of drug-likeness (QED) is 0.478. The minimum atomic E-state index is -2.85. The van der Waals surface area contributed by atoms with Crippen LogP contribution in [0.3, 0.4) is 0 Å². The van der Waals surface area contributed by atoms with Crippen LogP contribution in [0, 0.1) is 12.3 Å². The molecule has 6 N–H and O–H groups in total. The molecule has 11 heteroatoms. The van der Waals surface area contributed by atoms with Crippen LogP contribution in [-0.4, -0.2) is 44.3 Å². The molecule has 0 aromatic carbocycles. The molecule has 0 radical (unpaired) electrons. The van der Waals surface area contributed by atoms with Gasteiger partial charge in [0.05, 0.1) is 5.56 Å². The van der Waals surface area contributed by atoms with Gasteiger partial charge in [-0.3, -0.25) is 15.3 Å². The van der Waals surface area contributed by atoms with Crippen LogP contribution < -0.4 is 16.4 Å². The Morgan fingerprint density at radius 3 is 2.76 bits per heavy atom. The third kappa shape index (κ3) is 4.93. The number of nitrogens with one attached hydrogen (secondary N) is 4. The zero-order chi connectivity index (χ0) is 18.6. The van der Waals surface area contributed by atoms with Crippen molar-refractivity contribution in [3.05, 3.63) is 23.7 Å². The Kier molecular flexibility index (Phi) is 5.25. The molecule has 0 aliphatic carbocycles. The number of carbonyl (C=O) groups excluding carboxylic acids is 1. The minimum absolute atomic E-state index is 0.0371. The Hall–Kier alpha value is -3.11. The Bertz CT molecular complexity index is 783. The molecule has 0 spiro atoms. The molecule has 2 heterocycles. The molecule has 0 fully saturated rings. The number of halogens is 2. The highest BCUT2D eigenvalue weighted by Crippen LogP contribution is 2.21. The molecule has 2 aromatic heterocycles. The Morgan fingerprint density at radius 2 is 2.16 bits per heavy atom. The van der Waals surface area contributed by atoms with Crippen LogP contribution in [0.4, 0.5) is 26.2 Å². The van der Waals surface area contributed by atoms with E-state index in [9.17, 15) is 13.6 Å². The summed E-state index contributed by atoms with van der Waals surface area (Å²) in [6, 6.07) is 1.58. The Labute approximate surface area is 141 Å². The van der Waals surface area contributed by atoms with Gasteiger partial charge >= 0.3 is 0 Å². The first kappa shape index (κ1) is 18.2. The zero-order valence-electron chi connectivity index (χ0n) is 13.7. The summed E-state index contributed by atoms with van der Waals surface area (Å²) < 4.78 is 25.8. The third-order valence-corrected chi connectivity index (χ3v) is 3.16. The van der Waals surface area contributed by atoms with Crippen molar-refractivity contribution in [1.29, 1.82) is 5.41 Å². The highest BCUT2D eigenvalue weighted by Gasteiger charge is 2.23. The van der Waals surface area contributed by atoms with Crippen LogP contribution in [-0.2, 0) is 4.79 Å². The fraction of sp³-hybridized carbons (Fsp3) is 0.357. The minimum Gasteiger partial charge on any atom is -0.383 e. The largest absolute Gasteiger partial charge is 0.383 e. The number of aryl methyl sites for hydroxylation is 1. The molecule has 1 amide bonds. The normalized spacial score (nSPS) is 11.2. The molecule has 0 unspecified atom stereocenters. The van der Waals surface area contributed by atoms with E-state index in [0.717, 1.165) is 18.9 Å². The summed E-state index contributed by atoms with van der Waals surface area (Å²) in [6.07, 6.45) is 0.677. The van der Waals surface area contributed by atoms with E-state index < -0.39 is 24.0 Å². The zero-order valence-corrected chi connectivity index (χ0v) is 13.7. The smallest absolute Gasteiger partial charge is 0.275 e. The van der Waals surface area contributed by atoms with Crippen molar-refractivity contribution in [3.8, 4) is 0 Å². The molecule has 0 saturated heterocycles. The Balaban J connectivity index is 2.16. The highest BCUT2D eigenvalue weighted by atomic mass is 19.3. The molecule has 9 nitrogen and oxygen atoms in total. The van der Waals surface area contributed by atoms with Gasteiger partial charge in [0.25, 0.3) is 5.91 Å². The summed E-state index contributed by atoms with van der Waals surface area (Å²) in [5.74, 6) is -3.47.